The summed E-state index contributed by atoms with van der Waals surface area (Å²) < 4.78 is 1.63. The molecule has 2 aromatic carbocycles. The summed E-state index contributed by atoms with van der Waals surface area (Å²) in [5.41, 5.74) is 13.4. The van der Waals surface area contributed by atoms with Gasteiger partial charge in [0.05, 0.1) is 0 Å². The predicted molar refractivity (Wildman–Crippen MR) is 141 cm³/mol. The SMILES string of the molecule is CCCC[SiH]=[Hf]([CH]1C(CC)=Cc2c(CC)cccc21)[CH]1C(CC)=Cc2c(CC)cccc21. The van der Waals surface area contributed by atoms with Crippen LogP contribution in [0.3, 0.4) is 0 Å². The molecule has 0 fully saturated rings. The van der Waals surface area contributed by atoms with E-state index in [4.69, 9.17) is 0 Å². The van der Waals surface area contributed by atoms with Crippen LogP contribution in [0.4, 0.5) is 0 Å². The monoisotopic (exact) mass is 608 g/mol. The number of aryl methyl sites for hydroxylation is 2. The molecule has 0 spiro atoms. The Balaban J connectivity index is 1.89. The van der Waals surface area contributed by atoms with Crippen molar-refractivity contribution in [2.45, 2.75) is 86.5 Å². The fourth-order valence-corrected chi connectivity index (χ4v) is 35.4. The molecule has 2 atom stereocenters. The second-order valence-electron chi connectivity index (χ2n) is 9.41. The first-order valence-electron chi connectivity index (χ1n) is 13.0. The summed E-state index contributed by atoms with van der Waals surface area (Å²) in [6.07, 6.45) is 13.4. The Morgan fingerprint density at radius 2 is 1.19 bits per heavy atom. The minimum absolute atomic E-state index is 0.607. The molecule has 2 heteroatoms. The van der Waals surface area contributed by atoms with Gasteiger partial charge in [0.25, 0.3) is 0 Å². The Morgan fingerprint density at radius 1 is 0.688 bits per heavy atom. The molecule has 0 aliphatic heterocycles. The zero-order valence-corrected chi connectivity index (χ0v) is 25.5. The van der Waals surface area contributed by atoms with Gasteiger partial charge in [0.2, 0.25) is 0 Å². The number of fused-ring (bicyclic) bond motifs is 2. The topological polar surface area (TPSA) is 0 Å². The van der Waals surface area contributed by atoms with E-state index >= 15 is 0 Å². The first-order valence-corrected chi connectivity index (χ1v) is 24.8. The Hall–Kier alpha value is -0.993. The zero-order valence-electron chi connectivity index (χ0n) is 20.8. The summed E-state index contributed by atoms with van der Waals surface area (Å²) in [6.45, 7) is 11.8. The molecule has 0 aromatic heterocycles. The van der Waals surface area contributed by atoms with E-state index in [0.29, 0.717) is 6.22 Å². The summed E-state index contributed by atoms with van der Waals surface area (Å²) >= 11 is -2.10. The summed E-state index contributed by atoms with van der Waals surface area (Å²) in [5.74, 6) is 0. The van der Waals surface area contributed by atoms with Crippen LogP contribution in [0.1, 0.15) is 101 Å². The van der Waals surface area contributed by atoms with Gasteiger partial charge >= 0.3 is 206 Å². The third-order valence-corrected chi connectivity index (χ3v) is 32.2. The van der Waals surface area contributed by atoms with E-state index < -0.39 is 20.1 Å². The van der Waals surface area contributed by atoms with Gasteiger partial charge in [-0.3, -0.25) is 0 Å². The van der Waals surface area contributed by atoms with Crippen LogP contribution in [0.15, 0.2) is 47.5 Å². The molecule has 0 heterocycles. The first kappa shape index (κ1) is 24.1. The van der Waals surface area contributed by atoms with Gasteiger partial charge in [-0.2, -0.15) is 0 Å². The van der Waals surface area contributed by atoms with Crippen molar-refractivity contribution in [1.29, 1.82) is 0 Å². The average molecular weight is 607 g/mol. The zero-order chi connectivity index (χ0) is 22.7. The van der Waals surface area contributed by atoms with Gasteiger partial charge in [-0.15, -0.1) is 0 Å². The summed E-state index contributed by atoms with van der Waals surface area (Å²) in [5, 5.41) is 0. The molecule has 0 nitrogen and oxygen atoms in total. The minimum atomic E-state index is -2.10. The molecule has 168 valence electrons. The standard InChI is InChI=1S/2C13H15.C4H10Si.Hf/c2*1-3-10-8-12-7-5-6-11(4-2)13(12)9-10;1-2-3-4-5;/h2*5-9H,3-4H2,1-2H3;5H,2-4H2,1H3;. The van der Waals surface area contributed by atoms with E-state index in [1.165, 1.54) is 31.7 Å². The summed E-state index contributed by atoms with van der Waals surface area (Å²) in [4.78, 5) is 0. The first-order chi connectivity index (χ1) is 15.7. The molecule has 2 aliphatic rings. The molecule has 0 radical (unpaired) electrons. The van der Waals surface area contributed by atoms with Crippen LogP contribution in [0.25, 0.3) is 12.2 Å². The number of allylic oxidation sites excluding steroid dienone is 2. The molecule has 32 heavy (non-hydrogen) atoms. The summed E-state index contributed by atoms with van der Waals surface area (Å²) in [7, 11) is 0. The van der Waals surface area contributed by atoms with Crippen LogP contribution in [0.5, 0.6) is 0 Å². The Bertz CT molecular complexity index is 993. The van der Waals surface area contributed by atoms with E-state index in [0.717, 1.165) is 20.2 Å². The van der Waals surface area contributed by atoms with Crippen LogP contribution in [-0.2, 0) is 32.9 Å². The van der Waals surface area contributed by atoms with E-state index in [1.807, 2.05) is 0 Å². The number of hydrogen-bond donors (Lipinski definition) is 0. The maximum atomic E-state index is 2.64. The van der Waals surface area contributed by atoms with Crippen molar-refractivity contribution in [3.05, 3.63) is 80.9 Å². The van der Waals surface area contributed by atoms with E-state index in [2.05, 4.69) is 83.2 Å². The van der Waals surface area contributed by atoms with Crippen LogP contribution in [0.2, 0.25) is 6.04 Å². The molecule has 2 unspecified atom stereocenters. The molecule has 0 bridgehead atoms. The fraction of sp³-hybridized carbons (Fsp3) is 0.467. The Labute approximate surface area is 204 Å². The van der Waals surface area contributed by atoms with Crippen LogP contribution < -0.4 is 0 Å². The van der Waals surface area contributed by atoms with Crippen LogP contribution in [0, 0.1) is 0 Å². The molecular weight excluding hydrogens is 567 g/mol. The maximum absolute atomic E-state index is 2.64. The van der Waals surface area contributed by atoms with Gasteiger partial charge < -0.3 is 0 Å². The number of rotatable bonds is 9. The van der Waals surface area contributed by atoms with Crippen molar-refractivity contribution in [3.63, 3.8) is 0 Å². The van der Waals surface area contributed by atoms with Crippen LogP contribution >= 0.6 is 0 Å². The van der Waals surface area contributed by atoms with Gasteiger partial charge in [-0.25, -0.2) is 0 Å². The molecular formula is C30H40HfSi. The predicted octanol–water partition coefficient (Wildman–Crippen LogP) is 8.40. The third kappa shape index (κ3) is 4.39. The van der Waals surface area contributed by atoms with Crippen molar-refractivity contribution < 1.29 is 20.1 Å². The molecule has 2 aliphatic carbocycles. The van der Waals surface area contributed by atoms with E-state index in [1.54, 1.807) is 44.5 Å². The second-order valence-corrected chi connectivity index (χ2v) is 28.0. The third-order valence-electron chi connectivity index (χ3n) is 7.67. The molecule has 0 saturated heterocycles. The van der Waals surface area contributed by atoms with E-state index in [-0.39, 0.29) is 0 Å². The van der Waals surface area contributed by atoms with Gasteiger partial charge in [0.1, 0.15) is 0 Å². The van der Waals surface area contributed by atoms with E-state index in [9.17, 15) is 0 Å². The van der Waals surface area contributed by atoms with Gasteiger partial charge in [0.15, 0.2) is 0 Å². The fourth-order valence-electron chi connectivity index (χ4n) is 5.95. The van der Waals surface area contributed by atoms with Crippen molar-refractivity contribution in [1.82, 2.24) is 0 Å². The van der Waals surface area contributed by atoms with Crippen molar-refractivity contribution >= 4 is 18.4 Å². The number of unbranched alkanes of at least 4 members (excludes halogenated alkanes) is 1. The molecule has 0 saturated carbocycles. The van der Waals surface area contributed by atoms with Gasteiger partial charge in [0, 0.05) is 0 Å². The molecule has 2 aromatic rings. The van der Waals surface area contributed by atoms with Crippen molar-refractivity contribution in [2.24, 2.45) is 0 Å². The van der Waals surface area contributed by atoms with Gasteiger partial charge in [-0.05, 0) is 0 Å². The summed E-state index contributed by atoms with van der Waals surface area (Å²) in [6, 6.07) is 16.0. The van der Waals surface area contributed by atoms with Gasteiger partial charge in [-0.1, -0.05) is 0 Å². The van der Waals surface area contributed by atoms with Crippen molar-refractivity contribution in [2.75, 3.05) is 0 Å². The quantitative estimate of drug-likeness (QED) is 0.199. The molecule has 0 N–H and O–H groups in total. The number of benzene rings is 2. The Kier molecular flexibility index (Phi) is 8.26. The Morgan fingerprint density at radius 3 is 1.59 bits per heavy atom. The average Bonchev–Trinajstić information content (AvgIpc) is 3.40. The molecule has 4 rings (SSSR count). The van der Waals surface area contributed by atoms with Crippen molar-refractivity contribution in [3.8, 4) is 0 Å². The number of hydrogen-bond acceptors (Lipinski definition) is 0. The molecule has 0 amide bonds. The van der Waals surface area contributed by atoms with Crippen LogP contribution in [-0.4, -0.2) is 6.22 Å². The normalized spacial score (nSPS) is 18.8. The second kappa shape index (κ2) is 11.0.